The molecule has 1 aliphatic rings. The topological polar surface area (TPSA) is 59.3 Å². The van der Waals surface area contributed by atoms with Crippen LogP contribution in [0.3, 0.4) is 0 Å². The van der Waals surface area contributed by atoms with Crippen molar-refractivity contribution in [2.75, 3.05) is 18.1 Å². The van der Waals surface area contributed by atoms with Crippen LogP contribution in [0.4, 0.5) is 0 Å². The van der Waals surface area contributed by atoms with Crippen LogP contribution in [-0.2, 0) is 16.3 Å². The van der Waals surface area contributed by atoms with Crippen molar-refractivity contribution in [1.82, 2.24) is 5.32 Å². The second kappa shape index (κ2) is 6.29. The van der Waals surface area contributed by atoms with Gasteiger partial charge in [-0.2, -0.15) is 0 Å². The maximum atomic E-state index is 11.6. The summed E-state index contributed by atoms with van der Waals surface area (Å²) in [5.74, 6) is 1.85. The highest BCUT2D eigenvalue weighted by Gasteiger charge is 2.28. The Morgan fingerprint density at radius 2 is 2.17 bits per heavy atom. The third-order valence-corrected chi connectivity index (χ3v) is 6.60. The molecule has 0 saturated carbocycles. The van der Waals surface area contributed by atoms with E-state index in [9.17, 15) is 8.42 Å². The summed E-state index contributed by atoms with van der Waals surface area (Å²) in [6.07, 6.45) is 1.69. The van der Waals surface area contributed by atoms with E-state index in [4.69, 9.17) is 4.42 Å². The van der Waals surface area contributed by atoms with Crippen molar-refractivity contribution >= 4 is 20.8 Å². The van der Waals surface area contributed by atoms with Gasteiger partial charge in [0.05, 0.1) is 17.5 Å². The second-order valence-corrected chi connectivity index (χ2v) is 8.93. The van der Waals surface area contributed by atoms with Crippen LogP contribution in [0.25, 0.3) is 11.0 Å². The molecule has 23 heavy (non-hydrogen) atoms. The van der Waals surface area contributed by atoms with Gasteiger partial charge in [-0.05, 0) is 51.3 Å². The van der Waals surface area contributed by atoms with Gasteiger partial charge in [-0.1, -0.05) is 18.6 Å². The van der Waals surface area contributed by atoms with Gasteiger partial charge in [-0.3, -0.25) is 0 Å². The van der Waals surface area contributed by atoms with Gasteiger partial charge < -0.3 is 9.73 Å². The van der Waals surface area contributed by atoms with E-state index in [1.807, 2.05) is 6.07 Å². The Hall–Kier alpha value is -1.33. The average Bonchev–Trinajstić information content (AvgIpc) is 3.04. The Bertz CT molecular complexity index is 807. The number of aryl methyl sites for hydroxylation is 2. The van der Waals surface area contributed by atoms with Gasteiger partial charge in [0, 0.05) is 10.9 Å². The Morgan fingerprint density at radius 3 is 2.83 bits per heavy atom. The minimum atomic E-state index is -2.81. The second-order valence-electron chi connectivity index (χ2n) is 6.70. The largest absolute Gasteiger partial charge is 0.459 e. The summed E-state index contributed by atoms with van der Waals surface area (Å²) in [5, 5.41) is 4.66. The minimum Gasteiger partial charge on any atom is -0.459 e. The molecule has 126 valence electrons. The van der Waals surface area contributed by atoms with Crippen LogP contribution >= 0.6 is 0 Å². The van der Waals surface area contributed by atoms with Gasteiger partial charge >= 0.3 is 0 Å². The van der Waals surface area contributed by atoms with E-state index < -0.39 is 9.84 Å². The predicted molar refractivity (Wildman–Crippen MR) is 93.5 cm³/mol. The van der Waals surface area contributed by atoms with Crippen molar-refractivity contribution in [3.63, 3.8) is 0 Å². The zero-order chi connectivity index (χ0) is 16.6. The Kier molecular flexibility index (Phi) is 4.52. The summed E-state index contributed by atoms with van der Waals surface area (Å²) in [6.45, 7) is 7.05. The van der Waals surface area contributed by atoms with Crippen molar-refractivity contribution < 1.29 is 12.8 Å². The first-order valence-corrected chi connectivity index (χ1v) is 10.2. The van der Waals surface area contributed by atoms with Crippen molar-refractivity contribution in [3.05, 3.63) is 35.1 Å². The SMILES string of the molecule is CCc1c([C@H](C)NC[C@H]2CCS(=O)(=O)C2)oc2ccc(C)cc12. The Balaban J connectivity index is 1.77. The number of benzene rings is 1. The summed E-state index contributed by atoms with van der Waals surface area (Å²) >= 11 is 0. The van der Waals surface area contributed by atoms with Crippen molar-refractivity contribution in [1.29, 1.82) is 0 Å². The lowest BCUT2D eigenvalue weighted by molar-refractivity contribution is 0.415. The summed E-state index contributed by atoms with van der Waals surface area (Å²) in [6, 6.07) is 6.36. The smallest absolute Gasteiger partial charge is 0.150 e. The number of rotatable bonds is 5. The molecule has 1 aliphatic heterocycles. The first-order chi connectivity index (χ1) is 10.9. The fourth-order valence-electron chi connectivity index (χ4n) is 3.46. The van der Waals surface area contributed by atoms with Crippen LogP contribution in [0.1, 0.15) is 43.2 Å². The lowest BCUT2D eigenvalue weighted by atomic mass is 10.0. The van der Waals surface area contributed by atoms with Crippen LogP contribution in [0.5, 0.6) is 0 Å². The van der Waals surface area contributed by atoms with Crippen molar-refractivity contribution in [2.24, 2.45) is 5.92 Å². The normalized spacial score (nSPS) is 21.8. The fourth-order valence-corrected chi connectivity index (χ4v) is 5.33. The molecular formula is C18H25NO3S. The number of sulfone groups is 1. The van der Waals surface area contributed by atoms with Gasteiger partial charge in [0.2, 0.25) is 0 Å². The Morgan fingerprint density at radius 1 is 1.39 bits per heavy atom. The lowest BCUT2D eigenvalue weighted by Crippen LogP contribution is -2.26. The van der Waals surface area contributed by atoms with Gasteiger partial charge in [-0.25, -0.2) is 8.42 Å². The first-order valence-electron chi connectivity index (χ1n) is 8.35. The molecule has 0 bridgehead atoms. The van der Waals surface area contributed by atoms with Gasteiger partial charge in [0.25, 0.3) is 0 Å². The van der Waals surface area contributed by atoms with Crippen LogP contribution in [-0.4, -0.2) is 26.5 Å². The highest BCUT2D eigenvalue weighted by Crippen LogP contribution is 2.31. The maximum Gasteiger partial charge on any atom is 0.150 e. The van der Waals surface area contributed by atoms with E-state index >= 15 is 0 Å². The van der Waals surface area contributed by atoms with Crippen LogP contribution in [0.15, 0.2) is 22.6 Å². The maximum absolute atomic E-state index is 11.6. The molecule has 1 fully saturated rings. The van der Waals surface area contributed by atoms with E-state index in [0.29, 0.717) is 11.5 Å². The summed E-state index contributed by atoms with van der Waals surface area (Å²) in [7, 11) is -2.81. The number of hydrogen-bond acceptors (Lipinski definition) is 4. The molecule has 1 aromatic carbocycles. The third-order valence-electron chi connectivity index (χ3n) is 4.76. The summed E-state index contributed by atoms with van der Waals surface area (Å²) in [5.41, 5.74) is 3.42. The standard InChI is InChI=1S/C18H25NO3S/c1-4-15-16-9-12(2)5-6-17(16)22-18(15)13(3)19-10-14-7-8-23(20,21)11-14/h5-6,9,13-14,19H,4,7-8,10-11H2,1-3H3/t13-,14+/m0/s1. The molecule has 1 aromatic heterocycles. The average molecular weight is 335 g/mol. The van der Waals surface area contributed by atoms with E-state index in [-0.39, 0.29) is 12.0 Å². The quantitative estimate of drug-likeness (QED) is 0.910. The minimum absolute atomic E-state index is 0.0842. The molecule has 0 amide bonds. The zero-order valence-corrected chi connectivity index (χ0v) is 14.9. The molecule has 2 atom stereocenters. The number of fused-ring (bicyclic) bond motifs is 1. The van der Waals surface area contributed by atoms with Crippen molar-refractivity contribution in [2.45, 2.75) is 39.7 Å². The highest BCUT2D eigenvalue weighted by atomic mass is 32.2. The van der Waals surface area contributed by atoms with E-state index in [2.05, 4.69) is 38.2 Å². The van der Waals surface area contributed by atoms with Crippen LogP contribution in [0.2, 0.25) is 0 Å². The molecule has 2 heterocycles. The van der Waals surface area contributed by atoms with Crippen LogP contribution in [0, 0.1) is 12.8 Å². The molecule has 1 N–H and O–H groups in total. The molecule has 2 aromatic rings. The van der Waals surface area contributed by atoms with Crippen molar-refractivity contribution in [3.8, 4) is 0 Å². The molecule has 0 unspecified atom stereocenters. The zero-order valence-electron chi connectivity index (χ0n) is 14.1. The van der Waals surface area contributed by atoms with E-state index in [1.54, 1.807) is 0 Å². The van der Waals surface area contributed by atoms with Gasteiger partial charge in [0.15, 0.2) is 9.84 Å². The lowest BCUT2D eigenvalue weighted by Gasteiger charge is -2.16. The first kappa shape index (κ1) is 16.5. The molecule has 3 rings (SSSR count). The molecule has 1 saturated heterocycles. The monoisotopic (exact) mass is 335 g/mol. The molecule has 4 nitrogen and oxygen atoms in total. The summed E-state index contributed by atoms with van der Waals surface area (Å²) in [4.78, 5) is 0. The predicted octanol–water partition coefficient (Wildman–Crippen LogP) is 3.39. The molecule has 0 aliphatic carbocycles. The number of furan rings is 1. The highest BCUT2D eigenvalue weighted by molar-refractivity contribution is 7.91. The van der Waals surface area contributed by atoms with Gasteiger partial charge in [-0.15, -0.1) is 0 Å². The van der Waals surface area contributed by atoms with E-state index in [1.165, 1.54) is 16.5 Å². The Labute approximate surface area is 138 Å². The summed E-state index contributed by atoms with van der Waals surface area (Å²) < 4.78 is 29.2. The number of nitrogens with one attached hydrogen (secondary N) is 1. The third kappa shape index (κ3) is 3.45. The van der Waals surface area contributed by atoms with Gasteiger partial charge in [0.1, 0.15) is 11.3 Å². The molecule has 0 spiro atoms. The molecule has 0 radical (unpaired) electrons. The molecule has 5 heteroatoms. The van der Waals surface area contributed by atoms with E-state index in [0.717, 1.165) is 30.7 Å². The fraction of sp³-hybridized carbons (Fsp3) is 0.556. The molecular weight excluding hydrogens is 310 g/mol. The number of hydrogen-bond donors (Lipinski definition) is 1. The van der Waals surface area contributed by atoms with Crippen LogP contribution < -0.4 is 5.32 Å².